The van der Waals surface area contributed by atoms with Crippen LogP contribution in [0.1, 0.15) is 12.8 Å². The summed E-state index contributed by atoms with van der Waals surface area (Å²) in [5.74, 6) is 0.514. The lowest BCUT2D eigenvalue weighted by Crippen LogP contribution is -2.36. The number of rotatable bonds is 2. The molecule has 1 fully saturated rings. The van der Waals surface area contributed by atoms with Gasteiger partial charge in [0.1, 0.15) is 5.82 Å². The van der Waals surface area contributed by atoms with Crippen molar-refractivity contribution in [3.63, 3.8) is 0 Å². The number of fused-ring (bicyclic) bond motifs is 1. The minimum atomic E-state index is -0.191. The number of hydrogen-bond acceptors (Lipinski definition) is 5. The van der Waals surface area contributed by atoms with E-state index in [0.29, 0.717) is 5.82 Å². The molecule has 0 unspecified atom stereocenters. The van der Waals surface area contributed by atoms with E-state index in [0.717, 1.165) is 53.8 Å². The molecule has 0 radical (unpaired) electrons. The first-order valence-electron chi connectivity index (χ1n) is 7.84. The normalized spacial score (nSPS) is 16.1. The van der Waals surface area contributed by atoms with Crippen LogP contribution in [0.25, 0.3) is 22.2 Å². The highest BCUT2D eigenvalue weighted by Crippen LogP contribution is 2.32. The molecule has 1 aliphatic heterocycles. The van der Waals surface area contributed by atoms with Crippen molar-refractivity contribution >= 4 is 22.4 Å². The van der Waals surface area contributed by atoms with Gasteiger partial charge >= 0.3 is 0 Å². The number of H-pyrrole nitrogens is 1. The van der Waals surface area contributed by atoms with E-state index in [4.69, 9.17) is 5.73 Å². The van der Waals surface area contributed by atoms with E-state index in [1.807, 2.05) is 18.2 Å². The van der Waals surface area contributed by atoms with Crippen LogP contribution >= 0.6 is 0 Å². The highest BCUT2D eigenvalue weighted by atomic mass is 16.3. The number of aromatic nitrogens is 3. The summed E-state index contributed by atoms with van der Waals surface area (Å²) in [7, 11) is 0. The number of nitrogen functional groups attached to an aromatic ring is 1. The van der Waals surface area contributed by atoms with Gasteiger partial charge in [-0.05, 0) is 25.0 Å². The minimum Gasteiger partial charge on any atom is -0.393 e. The molecule has 3 heterocycles. The zero-order valence-electron chi connectivity index (χ0n) is 12.7. The van der Waals surface area contributed by atoms with Crippen molar-refractivity contribution in [2.75, 3.05) is 23.7 Å². The van der Waals surface area contributed by atoms with E-state index < -0.39 is 0 Å². The van der Waals surface area contributed by atoms with Crippen LogP contribution < -0.4 is 10.6 Å². The zero-order chi connectivity index (χ0) is 15.8. The molecule has 1 aromatic carbocycles. The zero-order valence-corrected chi connectivity index (χ0v) is 12.7. The molecule has 0 aliphatic carbocycles. The Balaban J connectivity index is 1.79. The Morgan fingerprint density at radius 3 is 2.74 bits per heavy atom. The first kappa shape index (κ1) is 14.0. The van der Waals surface area contributed by atoms with Gasteiger partial charge in [0.25, 0.3) is 0 Å². The minimum absolute atomic E-state index is 0.191. The van der Waals surface area contributed by atoms with E-state index in [-0.39, 0.29) is 6.10 Å². The second-order valence-corrected chi connectivity index (χ2v) is 5.99. The lowest BCUT2D eigenvalue weighted by atomic mass is 10.0. The van der Waals surface area contributed by atoms with Crippen molar-refractivity contribution in [3.8, 4) is 11.3 Å². The average Bonchev–Trinajstić information content (AvgIpc) is 3.09. The topological polar surface area (TPSA) is 91.1 Å². The Bertz CT molecular complexity index is 822. The molecule has 1 saturated heterocycles. The first-order chi connectivity index (χ1) is 11.2. The van der Waals surface area contributed by atoms with Gasteiger partial charge < -0.3 is 15.7 Å². The van der Waals surface area contributed by atoms with Crippen LogP contribution in [0.3, 0.4) is 0 Å². The first-order valence-corrected chi connectivity index (χ1v) is 7.84. The molecule has 0 spiro atoms. The summed E-state index contributed by atoms with van der Waals surface area (Å²) in [6.45, 7) is 1.67. The molecular weight excluding hydrogens is 290 g/mol. The number of aliphatic hydroxyl groups is 1. The lowest BCUT2D eigenvalue weighted by molar-refractivity contribution is 0.145. The second-order valence-electron chi connectivity index (χ2n) is 5.99. The summed E-state index contributed by atoms with van der Waals surface area (Å²) in [5, 5.41) is 17.8. The standard InChI is InChI=1S/C17H19N5O/c18-17-10-16(22-7-4-12(23)5-8-22)13-2-1-11(9-15(13)20-17)14-3-6-19-21-14/h1-3,6,9-10,12,23H,4-5,7-8H2,(H2,18,20)(H,19,21). The Kier molecular flexibility index (Phi) is 3.38. The average molecular weight is 309 g/mol. The van der Waals surface area contributed by atoms with Crippen LogP contribution in [0.4, 0.5) is 11.5 Å². The van der Waals surface area contributed by atoms with Crippen molar-refractivity contribution in [2.45, 2.75) is 18.9 Å². The van der Waals surface area contributed by atoms with E-state index >= 15 is 0 Å². The number of nitrogens with zero attached hydrogens (tertiary/aromatic N) is 3. The molecule has 0 saturated carbocycles. The van der Waals surface area contributed by atoms with Crippen LogP contribution in [0.15, 0.2) is 36.5 Å². The van der Waals surface area contributed by atoms with E-state index in [1.54, 1.807) is 6.20 Å². The van der Waals surface area contributed by atoms with Crippen molar-refractivity contribution in [3.05, 3.63) is 36.5 Å². The molecule has 1 aliphatic rings. The van der Waals surface area contributed by atoms with Crippen LogP contribution in [0, 0.1) is 0 Å². The molecule has 6 nitrogen and oxygen atoms in total. The molecular formula is C17H19N5O. The number of hydrogen-bond donors (Lipinski definition) is 3. The number of benzene rings is 1. The van der Waals surface area contributed by atoms with Crippen LogP contribution in [0.2, 0.25) is 0 Å². The Hall–Kier alpha value is -2.60. The fourth-order valence-corrected chi connectivity index (χ4v) is 3.18. The van der Waals surface area contributed by atoms with Gasteiger partial charge in [0, 0.05) is 42.0 Å². The van der Waals surface area contributed by atoms with E-state index in [2.05, 4.69) is 32.2 Å². The number of piperidine rings is 1. The number of nitrogens with one attached hydrogen (secondary N) is 1. The van der Waals surface area contributed by atoms with E-state index in [9.17, 15) is 5.11 Å². The Morgan fingerprint density at radius 1 is 1.17 bits per heavy atom. The molecule has 0 atom stereocenters. The quantitative estimate of drug-likeness (QED) is 0.675. The SMILES string of the molecule is Nc1cc(N2CCC(O)CC2)c2ccc(-c3ccn[nH]3)cc2n1. The van der Waals surface area contributed by atoms with Gasteiger partial charge in [-0.15, -0.1) is 0 Å². The van der Waals surface area contributed by atoms with Crippen LogP contribution in [0.5, 0.6) is 0 Å². The van der Waals surface area contributed by atoms with Gasteiger partial charge in [-0.25, -0.2) is 4.98 Å². The van der Waals surface area contributed by atoms with Crippen LogP contribution in [-0.4, -0.2) is 39.5 Å². The highest BCUT2D eigenvalue weighted by molar-refractivity contribution is 5.95. The molecule has 23 heavy (non-hydrogen) atoms. The molecule has 6 heteroatoms. The number of anilines is 2. The summed E-state index contributed by atoms with van der Waals surface area (Å²) >= 11 is 0. The smallest absolute Gasteiger partial charge is 0.126 e. The Morgan fingerprint density at radius 2 is 2.00 bits per heavy atom. The van der Waals surface area contributed by atoms with E-state index in [1.165, 1.54) is 0 Å². The second kappa shape index (κ2) is 5.55. The fraction of sp³-hybridized carbons (Fsp3) is 0.294. The molecule has 4 rings (SSSR count). The predicted octanol–water partition coefficient (Wildman–Crippen LogP) is 2.17. The maximum atomic E-state index is 9.71. The summed E-state index contributed by atoms with van der Waals surface area (Å²) in [5.41, 5.74) is 9.98. The van der Waals surface area contributed by atoms with Crippen molar-refractivity contribution < 1.29 is 5.11 Å². The van der Waals surface area contributed by atoms with Crippen LogP contribution in [-0.2, 0) is 0 Å². The largest absolute Gasteiger partial charge is 0.393 e. The molecule has 4 N–H and O–H groups in total. The molecule has 0 amide bonds. The third-order valence-corrected chi connectivity index (χ3v) is 4.42. The molecule has 0 bridgehead atoms. The third kappa shape index (κ3) is 2.61. The van der Waals surface area contributed by atoms with Gasteiger partial charge in [0.15, 0.2) is 0 Å². The van der Waals surface area contributed by atoms with Crippen molar-refractivity contribution in [1.29, 1.82) is 0 Å². The number of pyridine rings is 1. The van der Waals surface area contributed by atoms with Gasteiger partial charge in [0.05, 0.1) is 17.3 Å². The molecule has 2 aromatic heterocycles. The van der Waals surface area contributed by atoms with Gasteiger partial charge in [-0.3, -0.25) is 5.10 Å². The number of aliphatic hydroxyl groups excluding tert-OH is 1. The summed E-state index contributed by atoms with van der Waals surface area (Å²) in [4.78, 5) is 6.76. The molecule has 118 valence electrons. The van der Waals surface area contributed by atoms with Gasteiger partial charge in [-0.1, -0.05) is 12.1 Å². The molecule has 3 aromatic rings. The maximum Gasteiger partial charge on any atom is 0.126 e. The monoisotopic (exact) mass is 309 g/mol. The maximum absolute atomic E-state index is 9.71. The van der Waals surface area contributed by atoms with Gasteiger partial charge in [0.2, 0.25) is 0 Å². The third-order valence-electron chi connectivity index (χ3n) is 4.42. The summed E-state index contributed by atoms with van der Waals surface area (Å²) in [6.07, 6.45) is 3.12. The predicted molar refractivity (Wildman–Crippen MR) is 91.2 cm³/mol. The Labute approximate surface area is 133 Å². The number of nitrogens with two attached hydrogens (primary N) is 1. The van der Waals surface area contributed by atoms with Crippen molar-refractivity contribution in [2.24, 2.45) is 0 Å². The highest BCUT2D eigenvalue weighted by Gasteiger charge is 2.19. The fourth-order valence-electron chi connectivity index (χ4n) is 3.18. The van der Waals surface area contributed by atoms with Gasteiger partial charge in [-0.2, -0.15) is 5.10 Å². The summed E-state index contributed by atoms with van der Waals surface area (Å²) in [6, 6.07) is 10.0. The lowest BCUT2D eigenvalue weighted by Gasteiger charge is -2.32. The van der Waals surface area contributed by atoms with Crippen molar-refractivity contribution in [1.82, 2.24) is 15.2 Å². The number of aromatic amines is 1. The summed E-state index contributed by atoms with van der Waals surface area (Å²) < 4.78 is 0.